The zero-order chi connectivity index (χ0) is 10.6. The van der Waals surface area contributed by atoms with Crippen molar-refractivity contribution in [2.24, 2.45) is 11.1 Å². The quantitative estimate of drug-likeness (QED) is 0.734. The highest BCUT2D eigenvalue weighted by molar-refractivity contribution is 4.84. The lowest BCUT2D eigenvalue weighted by Crippen LogP contribution is -2.36. The highest BCUT2D eigenvalue weighted by Crippen LogP contribution is 2.28. The smallest absolute Gasteiger partial charge is 0.0167 e. The highest BCUT2D eigenvalue weighted by Gasteiger charge is 2.29. The van der Waals surface area contributed by atoms with Gasteiger partial charge >= 0.3 is 0 Å². The van der Waals surface area contributed by atoms with Crippen molar-refractivity contribution in [3.63, 3.8) is 0 Å². The van der Waals surface area contributed by atoms with Crippen molar-refractivity contribution in [2.45, 2.75) is 52.5 Å². The molecule has 1 fully saturated rings. The predicted octanol–water partition coefficient (Wildman–Crippen LogP) is 2.24. The SMILES string of the molecule is CCCCC(N)CN1CCC(C)(C)C1. The summed E-state index contributed by atoms with van der Waals surface area (Å²) in [4.78, 5) is 2.53. The van der Waals surface area contributed by atoms with Crippen LogP contribution in [0.3, 0.4) is 0 Å². The number of unbranched alkanes of at least 4 members (excludes halogenated alkanes) is 1. The molecule has 2 heteroatoms. The molecular formula is C12H26N2. The van der Waals surface area contributed by atoms with Gasteiger partial charge < -0.3 is 10.6 Å². The van der Waals surface area contributed by atoms with Gasteiger partial charge in [-0.2, -0.15) is 0 Å². The summed E-state index contributed by atoms with van der Waals surface area (Å²) in [5.41, 5.74) is 6.60. The minimum Gasteiger partial charge on any atom is -0.327 e. The Morgan fingerprint density at radius 3 is 2.64 bits per heavy atom. The Morgan fingerprint density at radius 1 is 1.43 bits per heavy atom. The molecule has 0 amide bonds. The van der Waals surface area contributed by atoms with E-state index in [4.69, 9.17) is 5.73 Å². The summed E-state index contributed by atoms with van der Waals surface area (Å²) in [6.45, 7) is 10.5. The standard InChI is InChI=1S/C12H26N2/c1-4-5-6-11(13)9-14-8-7-12(2,3)10-14/h11H,4-10,13H2,1-3H3. The van der Waals surface area contributed by atoms with Gasteiger partial charge in [-0.25, -0.2) is 0 Å². The third kappa shape index (κ3) is 3.97. The minimum absolute atomic E-state index is 0.392. The maximum absolute atomic E-state index is 6.09. The number of rotatable bonds is 5. The fraction of sp³-hybridized carbons (Fsp3) is 1.00. The summed E-state index contributed by atoms with van der Waals surface area (Å²) < 4.78 is 0. The van der Waals surface area contributed by atoms with E-state index in [1.807, 2.05) is 0 Å². The van der Waals surface area contributed by atoms with E-state index in [9.17, 15) is 0 Å². The van der Waals surface area contributed by atoms with E-state index in [0.29, 0.717) is 11.5 Å². The van der Waals surface area contributed by atoms with Crippen LogP contribution in [0.25, 0.3) is 0 Å². The lowest BCUT2D eigenvalue weighted by molar-refractivity contribution is 0.270. The molecule has 1 aliphatic rings. The Labute approximate surface area is 88.8 Å². The molecule has 0 spiro atoms. The van der Waals surface area contributed by atoms with E-state index in [1.54, 1.807) is 0 Å². The molecule has 2 nitrogen and oxygen atoms in total. The predicted molar refractivity (Wildman–Crippen MR) is 62.3 cm³/mol. The van der Waals surface area contributed by atoms with E-state index in [2.05, 4.69) is 25.7 Å². The Bertz CT molecular complexity index is 166. The van der Waals surface area contributed by atoms with E-state index >= 15 is 0 Å². The fourth-order valence-electron chi connectivity index (χ4n) is 2.27. The Balaban J connectivity index is 2.18. The number of likely N-dealkylation sites (tertiary alicyclic amines) is 1. The largest absolute Gasteiger partial charge is 0.327 e. The zero-order valence-electron chi connectivity index (χ0n) is 10.1. The van der Waals surface area contributed by atoms with Crippen LogP contribution in [0.5, 0.6) is 0 Å². The van der Waals surface area contributed by atoms with Crippen molar-refractivity contribution in [2.75, 3.05) is 19.6 Å². The van der Waals surface area contributed by atoms with Crippen LogP contribution in [0.1, 0.15) is 46.5 Å². The summed E-state index contributed by atoms with van der Waals surface area (Å²) in [6, 6.07) is 0.392. The van der Waals surface area contributed by atoms with Gasteiger partial charge in [-0.1, -0.05) is 33.6 Å². The molecule has 0 saturated carbocycles. The van der Waals surface area contributed by atoms with Crippen molar-refractivity contribution in [1.82, 2.24) is 4.90 Å². The van der Waals surface area contributed by atoms with Crippen LogP contribution in [-0.2, 0) is 0 Å². The van der Waals surface area contributed by atoms with Crippen LogP contribution >= 0.6 is 0 Å². The second-order valence-corrected chi connectivity index (χ2v) is 5.55. The van der Waals surface area contributed by atoms with Gasteiger partial charge in [0.1, 0.15) is 0 Å². The van der Waals surface area contributed by atoms with Gasteiger partial charge in [-0.05, 0) is 24.8 Å². The van der Waals surface area contributed by atoms with E-state index in [1.165, 1.54) is 38.8 Å². The van der Waals surface area contributed by atoms with Gasteiger partial charge in [-0.3, -0.25) is 0 Å². The average molecular weight is 198 g/mol. The molecule has 2 N–H and O–H groups in total. The monoisotopic (exact) mass is 198 g/mol. The van der Waals surface area contributed by atoms with Crippen LogP contribution < -0.4 is 5.73 Å². The topological polar surface area (TPSA) is 29.3 Å². The summed E-state index contributed by atoms with van der Waals surface area (Å²) in [6.07, 6.45) is 5.05. The summed E-state index contributed by atoms with van der Waals surface area (Å²) in [5, 5.41) is 0. The maximum Gasteiger partial charge on any atom is 0.0167 e. The summed E-state index contributed by atoms with van der Waals surface area (Å²) in [7, 11) is 0. The molecule has 0 aromatic heterocycles. The van der Waals surface area contributed by atoms with E-state index in [0.717, 1.165) is 6.54 Å². The third-order valence-corrected chi connectivity index (χ3v) is 3.18. The molecule has 1 aliphatic heterocycles. The molecule has 1 unspecified atom stereocenters. The summed E-state index contributed by atoms with van der Waals surface area (Å²) >= 11 is 0. The Kier molecular flexibility index (Phi) is 4.39. The normalized spacial score (nSPS) is 24.0. The average Bonchev–Trinajstić information content (AvgIpc) is 2.42. The molecular weight excluding hydrogens is 172 g/mol. The van der Waals surface area contributed by atoms with Gasteiger partial charge in [0, 0.05) is 19.1 Å². The van der Waals surface area contributed by atoms with Crippen molar-refractivity contribution in [3.8, 4) is 0 Å². The number of nitrogens with zero attached hydrogens (tertiary/aromatic N) is 1. The van der Waals surface area contributed by atoms with Gasteiger partial charge in [0.15, 0.2) is 0 Å². The second kappa shape index (κ2) is 5.13. The number of nitrogens with two attached hydrogens (primary N) is 1. The van der Waals surface area contributed by atoms with E-state index in [-0.39, 0.29) is 0 Å². The number of hydrogen-bond donors (Lipinski definition) is 1. The first-order valence-corrected chi connectivity index (χ1v) is 6.01. The molecule has 14 heavy (non-hydrogen) atoms. The third-order valence-electron chi connectivity index (χ3n) is 3.18. The maximum atomic E-state index is 6.09. The van der Waals surface area contributed by atoms with Crippen molar-refractivity contribution in [3.05, 3.63) is 0 Å². The first kappa shape index (κ1) is 12.0. The summed E-state index contributed by atoms with van der Waals surface area (Å²) in [5.74, 6) is 0. The molecule has 0 aliphatic carbocycles. The van der Waals surface area contributed by atoms with Crippen LogP contribution in [0.4, 0.5) is 0 Å². The molecule has 1 saturated heterocycles. The number of hydrogen-bond acceptors (Lipinski definition) is 2. The molecule has 84 valence electrons. The first-order chi connectivity index (χ1) is 6.53. The van der Waals surface area contributed by atoms with Crippen molar-refractivity contribution in [1.29, 1.82) is 0 Å². The van der Waals surface area contributed by atoms with Gasteiger partial charge in [-0.15, -0.1) is 0 Å². The molecule has 0 aromatic carbocycles. The first-order valence-electron chi connectivity index (χ1n) is 6.01. The van der Waals surface area contributed by atoms with Gasteiger partial charge in [0.05, 0.1) is 0 Å². The minimum atomic E-state index is 0.392. The lowest BCUT2D eigenvalue weighted by atomic mass is 9.93. The lowest BCUT2D eigenvalue weighted by Gasteiger charge is -2.22. The Morgan fingerprint density at radius 2 is 2.14 bits per heavy atom. The van der Waals surface area contributed by atoms with E-state index < -0.39 is 0 Å². The zero-order valence-corrected chi connectivity index (χ0v) is 10.1. The molecule has 0 aromatic rings. The molecule has 0 radical (unpaired) electrons. The Hall–Kier alpha value is -0.0800. The van der Waals surface area contributed by atoms with Crippen molar-refractivity contribution < 1.29 is 0 Å². The van der Waals surface area contributed by atoms with Gasteiger partial charge in [0.2, 0.25) is 0 Å². The molecule has 1 rings (SSSR count). The van der Waals surface area contributed by atoms with Crippen LogP contribution in [0, 0.1) is 5.41 Å². The van der Waals surface area contributed by atoms with Crippen molar-refractivity contribution >= 4 is 0 Å². The molecule has 1 atom stereocenters. The van der Waals surface area contributed by atoms with Crippen LogP contribution in [-0.4, -0.2) is 30.6 Å². The van der Waals surface area contributed by atoms with Crippen LogP contribution in [0.15, 0.2) is 0 Å². The molecule has 1 heterocycles. The fourth-order valence-corrected chi connectivity index (χ4v) is 2.27. The highest BCUT2D eigenvalue weighted by atomic mass is 15.2. The van der Waals surface area contributed by atoms with Crippen LogP contribution in [0.2, 0.25) is 0 Å². The molecule has 0 bridgehead atoms. The second-order valence-electron chi connectivity index (χ2n) is 5.55. The van der Waals surface area contributed by atoms with Gasteiger partial charge in [0.25, 0.3) is 0 Å².